The Labute approximate surface area is 106 Å². The fourth-order valence-corrected chi connectivity index (χ4v) is 1.48. The van der Waals surface area contributed by atoms with Crippen LogP contribution in [-0.2, 0) is 6.18 Å². The summed E-state index contributed by atoms with van der Waals surface area (Å²) in [5, 5.41) is 0.208. The predicted molar refractivity (Wildman–Crippen MR) is 60.8 cm³/mol. The molecule has 2 rings (SSSR count). The molecule has 0 bridgehead atoms. The van der Waals surface area contributed by atoms with Crippen molar-refractivity contribution in [3.63, 3.8) is 0 Å². The van der Waals surface area contributed by atoms with Crippen molar-refractivity contribution in [3.05, 3.63) is 53.3 Å². The number of nitrogens with zero attached hydrogens (tertiary/aromatic N) is 1. The first-order valence-corrected chi connectivity index (χ1v) is 5.29. The fraction of sp³-hybridized carbons (Fsp3) is 0.0833. The van der Waals surface area contributed by atoms with E-state index < -0.39 is 11.7 Å². The van der Waals surface area contributed by atoms with Crippen molar-refractivity contribution in [1.29, 1.82) is 0 Å². The number of halogens is 4. The van der Waals surface area contributed by atoms with Gasteiger partial charge in [0.1, 0.15) is 16.7 Å². The maximum Gasteiger partial charge on any atom is 0.416 e. The lowest BCUT2D eigenvalue weighted by Crippen LogP contribution is -2.04. The Morgan fingerprint density at radius 3 is 2.44 bits per heavy atom. The molecular weight excluding hydrogens is 267 g/mol. The van der Waals surface area contributed by atoms with E-state index in [0.717, 1.165) is 12.1 Å². The van der Waals surface area contributed by atoms with E-state index in [1.165, 1.54) is 30.5 Å². The Kier molecular flexibility index (Phi) is 3.43. The van der Waals surface area contributed by atoms with Gasteiger partial charge >= 0.3 is 6.18 Å². The molecule has 0 saturated heterocycles. The number of hydrogen-bond donors (Lipinski definition) is 0. The summed E-state index contributed by atoms with van der Waals surface area (Å²) in [4.78, 5) is 3.74. The van der Waals surface area contributed by atoms with E-state index in [2.05, 4.69) is 4.98 Å². The molecule has 0 N–H and O–H groups in total. The molecule has 0 spiro atoms. The van der Waals surface area contributed by atoms with Crippen LogP contribution in [0.3, 0.4) is 0 Å². The van der Waals surface area contributed by atoms with Gasteiger partial charge in [0.15, 0.2) is 0 Å². The zero-order valence-corrected chi connectivity index (χ0v) is 9.66. The van der Waals surface area contributed by atoms with Gasteiger partial charge in [-0.3, -0.25) is 0 Å². The molecule has 0 saturated carbocycles. The van der Waals surface area contributed by atoms with Gasteiger partial charge in [0.2, 0.25) is 0 Å². The number of pyridine rings is 1. The second kappa shape index (κ2) is 4.86. The van der Waals surface area contributed by atoms with Gasteiger partial charge in [-0.05, 0) is 24.3 Å². The normalized spacial score (nSPS) is 11.3. The smallest absolute Gasteiger partial charge is 0.416 e. The Bertz CT molecular complexity index is 557. The lowest BCUT2D eigenvalue weighted by molar-refractivity contribution is -0.137. The summed E-state index contributed by atoms with van der Waals surface area (Å²) in [6.07, 6.45) is -2.99. The van der Waals surface area contributed by atoms with E-state index in [0.29, 0.717) is 5.75 Å². The van der Waals surface area contributed by atoms with Gasteiger partial charge < -0.3 is 4.74 Å². The highest BCUT2D eigenvalue weighted by Gasteiger charge is 2.30. The van der Waals surface area contributed by atoms with Crippen LogP contribution in [-0.4, -0.2) is 4.98 Å². The van der Waals surface area contributed by atoms with Crippen LogP contribution in [0.15, 0.2) is 42.6 Å². The van der Waals surface area contributed by atoms with Crippen LogP contribution >= 0.6 is 11.6 Å². The second-order valence-corrected chi connectivity index (χ2v) is 3.83. The fourth-order valence-electron chi connectivity index (χ4n) is 1.32. The van der Waals surface area contributed by atoms with E-state index in [1.807, 2.05) is 0 Å². The first-order chi connectivity index (χ1) is 8.45. The lowest BCUT2D eigenvalue weighted by atomic mass is 10.2. The Balaban J connectivity index is 2.25. The van der Waals surface area contributed by atoms with E-state index >= 15 is 0 Å². The van der Waals surface area contributed by atoms with Crippen LogP contribution in [0, 0.1) is 0 Å². The quantitative estimate of drug-likeness (QED) is 0.749. The van der Waals surface area contributed by atoms with Gasteiger partial charge in [-0.15, -0.1) is 0 Å². The second-order valence-electron chi connectivity index (χ2n) is 3.44. The van der Waals surface area contributed by atoms with Gasteiger partial charge in [0.25, 0.3) is 0 Å². The molecule has 0 unspecified atom stereocenters. The Morgan fingerprint density at radius 1 is 1.06 bits per heavy atom. The molecule has 0 amide bonds. The average Bonchev–Trinajstić information content (AvgIpc) is 2.28. The van der Waals surface area contributed by atoms with Crippen LogP contribution < -0.4 is 4.74 Å². The number of hydrogen-bond acceptors (Lipinski definition) is 2. The van der Waals surface area contributed by atoms with Crippen LogP contribution in [0.5, 0.6) is 11.5 Å². The zero-order valence-electron chi connectivity index (χ0n) is 8.91. The first kappa shape index (κ1) is 12.7. The standard InChI is InChI=1S/C12H7ClF3NO/c13-11-7-10(4-5-17-11)18-9-3-1-2-8(6-9)12(14,15)16/h1-7H. The summed E-state index contributed by atoms with van der Waals surface area (Å²) in [5.74, 6) is 0.418. The zero-order chi connectivity index (χ0) is 13.2. The summed E-state index contributed by atoms with van der Waals surface area (Å²) < 4.78 is 42.7. The van der Waals surface area contributed by atoms with E-state index in [4.69, 9.17) is 16.3 Å². The minimum atomic E-state index is -4.39. The third-order valence-electron chi connectivity index (χ3n) is 2.10. The predicted octanol–water partition coefficient (Wildman–Crippen LogP) is 4.55. The SMILES string of the molecule is FC(F)(F)c1cccc(Oc2ccnc(Cl)c2)c1. The van der Waals surface area contributed by atoms with Crippen LogP contribution in [0.25, 0.3) is 0 Å². The molecule has 0 atom stereocenters. The number of ether oxygens (including phenoxy) is 1. The van der Waals surface area contributed by atoms with Crippen molar-refractivity contribution in [2.45, 2.75) is 6.18 Å². The van der Waals surface area contributed by atoms with E-state index in [1.54, 1.807) is 0 Å². The van der Waals surface area contributed by atoms with Crippen molar-refractivity contribution < 1.29 is 17.9 Å². The van der Waals surface area contributed by atoms with Crippen LogP contribution in [0.1, 0.15) is 5.56 Å². The highest BCUT2D eigenvalue weighted by molar-refractivity contribution is 6.29. The molecule has 1 aromatic carbocycles. The third-order valence-corrected chi connectivity index (χ3v) is 2.30. The van der Waals surface area contributed by atoms with Gasteiger partial charge in [0.05, 0.1) is 5.56 Å². The monoisotopic (exact) mass is 273 g/mol. The maximum atomic E-state index is 12.5. The molecule has 0 radical (unpaired) electrons. The molecule has 6 heteroatoms. The Hall–Kier alpha value is -1.75. The molecule has 0 aliphatic rings. The molecule has 18 heavy (non-hydrogen) atoms. The molecular formula is C12H7ClF3NO. The molecule has 0 fully saturated rings. The van der Waals surface area contributed by atoms with E-state index in [-0.39, 0.29) is 10.9 Å². The summed E-state index contributed by atoms with van der Waals surface area (Å²) in [6, 6.07) is 7.54. The van der Waals surface area contributed by atoms with Crippen LogP contribution in [0.4, 0.5) is 13.2 Å². The summed E-state index contributed by atoms with van der Waals surface area (Å²) >= 11 is 5.64. The molecule has 0 aliphatic heterocycles. The van der Waals surface area contributed by atoms with Gasteiger partial charge in [-0.25, -0.2) is 4.98 Å². The minimum Gasteiger partial charge on any atom is -0.457 e. The summed E-state index contributed by atoms with van der Waals surface area (Å²) in [5.41, 5.74) is -0.764. The van der Waals surface area contributed by atoms with Crippen molar-refractivity contribution in [3.8, 4) is 11.5 Å². The first-order valence-electron chi connectivity index (χ1n) is 4.92. The maximum absolute atomic E-state index is 12.5. The summed E-state index contributed by atoms with van der Waals surface area (Å²) in [6.45, 7) is 0. The highest BCUT2D eigenvalue weighted by atomic mass is 35.5. The minimum absolute atomic E-state index is 0.0899. The lowest BCUT2D eigenvalue weighted by Gasteiger charge is -2.09. The number of rotatable bonds is 2. The van der Waals surface area contributed by atoms with Crippen molar-refractivity contribution in [1.82, 2.24) is 4.98 Å². The average molecular weight is 274 g/mol. The van der Waals surface area contributed by atoms with Crippen LogP contribution in [0.2, 0.25) is 5.15 Å². The van der Waals surface area contributed by atoms with Crippen molar-refractivity contribution in [2.75, 3.05) is 0 Å². The number of aromatic nitrogens is 1. The van der Waals surface area contributed by atoms with Gasteiger partial charge in [-0.2, -0.15) is 13.2 Å². The molecule has 0 aliphatic carbocycles. The van der Waals surface area contributed by atoms with Gasteiger partial charge in [-0.1, -0.05) is 17.7 Å². The topological polar surface area (TPSA) is 22.1 Å². The number of alkyl halides is 3. The largest absolute Gasteiger partial charge is 0.457 e. The van der Waals surface area contributed by atoms with Crippen molar-refractivity contribution in [2.24, 2.45) is 0 Å². The molecule has 1 aromatic heterocycles. The molecule has 94 valence electrons. The van der Waals surface area contributed by atoms with Gasteiger partial charge in [0, 0.05) is 12.3 Å². The highest BCUT2D eigenvalue weighted by Crippen LogP contribution is 2.32. The summed E-state index contributed by atoms with van der Waals surface area (Å²) in [7, 11) is 0. The van der Waals surface area contributed by atoms with Crippen molar-refractivity contribution >= 4 is 11.6 Å². The molecule has 2 nitrogen and oxygen atoms in total. The number of benzene rings is 1. The Morgan fingerprint density at radius 2 is 1.78 bits per heavy atom. The van der Waals surface area contributed by atoms with E-state index in [9.17, 15) is 13.2 Å². The molecule has 1 heterocycles. The molecule has 2 aromatic rings. The third kappa shape index (κ3) is 3.13.